The predicted molar refractivity (Wildman–Crippen MR) is 124 cm³/mol. The van der Waals surface area contributed by atoms with Gasteiger partial charge in [0.1, 0.15) is 5.69 Å². The number of carbonyl (C=O) groups excluding carboxylic acids is 1. The fourth-order valence-electron chi connectivity index (χ4n) is 3.18. The average molecular weight is 478 g/mol. The Morgan fingerprint density at radius 2 is 1.65 bits per heavy atom. The van der Waals surface area contributed by atoms with Crippen LogP contribution in [-0.4, -0.2) is 29.9 Å². The first-order valence-corrected chi connectivity index (χ1v) is 10.3. The van der Waals surface area contributed by atoms with Gasteiger partial charge >= 0.3 is 0 Å². The van der Waals surface area contributed by atoms with Crippen molar-refractivity contribution in [1.29, 1.82) is 0 Å². The van der Waals surface area contributed by atoms with Crippen LogP contribution in [0, 0.1) is 0 Å². The summed E-state index contributed by atoms with van der Waals surface area (Å²) in [5.74, 6) is 0.914. The summed E-state index contributed by atoms with van der Waals surface area (Å²) in [4.78, 5) is 13.2. The minimum absolute atomic E-state index is 0.255. The molecule has 31 heavy (non-hydrogen) atoms. The Bertz CT molecular complexity index is 1200. The van der Waals surface area contributed by atoms with Crippen LogP contribution in [0.25, 0.3) is 16.9 Å². The number of anilines is 1. The van der Waals surface area contributed by atoms with Crippen molar-refractivity contribution in [3.63, 3.8) is 0 Å². The average Bonchev–Trinajstić information content (AvgIpc) is 3.26. The van der Waals surface area contributed by atoms with E-state index in [2.05, 4.69) is 21.2 Å². The Kier molecular flexibility index (Phi) is 6.04. The van der Waals surface area contributed by atoms with Crippen LogP contribution < -0.4 is 14.8 Å². The summed E-state index contributed by atoms with van der Waals surface area (Å²) in [5, 5.41) is 7.65. The highest BCUT2D eigenvalue weighted by atomic mass is 79.9. The van der Waals surface area contributed by atoms with Gasteiger partial charge < -0.3 is 14.8 Å². The summed E-state index contributed by atoms with van der Waals surface area (Å²) in [5.41, 5.74) is 3.28. The van der Waals surface area contributed by atoms with Crippen molar-refractivity contribution >= 4 is 27.5 Å². The Morgan fingerprint density at radius 1 is 0.935 bits per heavy atom. The van der Waals surface area contributed by atoms with Gasteiger partial charge in [0.25, 0.3) is 5.91 Å². The van der Waals surface area contributed by atoms with E-state index in [1.54, 1.807) is 31.2 Å². The van der Waals surface area contributed by atoms with E-state index in [1.165, 1.54) is 0 Å². The number of rotatable bonds is 6. The smallest absolute Gasteiger partial charge is 0.259 e. The highest BCUT2D eigenvalue weighted by Gasteiger charge is 2.20. The van der Waals surface area contributed by atoms with Gasteiger partial charge in [0, 0.05) is 21.9 Å². The van der Waals surface area contributed by atoms with E-state index < -0.39 is 0 Å². The maximum absolute atomic E-state index is 13.2. The highest BCUT2D eigenvalue weighted by molar-refractivity contribution is 9.10. The van der Waals surface area contributed by atoms with Crippen LogP contribution in [0.3, 0.4) is 0 Å². The van der Waals surface area contributed by atoms with E-state index in [0.29, 0.717) is 28.4 Å². The summed E-state index contributed by atoms with van der Waals surface area (Å²) in [6.07, 6.45) is 1.73. The second-order valence-corrected chi connectivity index (χ2v) is 7.62. The van der Waals surface area contributed by atoms with Crippen LogP contribution in [0.15, 0.2) is 83.5 Å². The standard InChI is InChI=1S/C24H20BrN3O3/c1-30-21-13-8-16(14-22(21)31-2)23-20(15-28(27-23)19-6-4-3-5-7-19)24(29)26-18-11-9-17(25)10-12-18/h3-15H,1-2H3,(H,26,29). The van der Waals surface area contributed by atoms with Crippen LogP contribution in [0.1, 0.15) is 10.4 Å². The molecule has 0 saturated carbocycles. The molecule has 0 aliphatic rings. The van der Waals surface area contributed by atoms with E-state index in [9.17, 15) is 4.79 Å². The molecule has 1 N–H and O–H groups in total. The number of amides is 1. The zero-order chi connectivity index (χ0) is 21.8. The number of aromatic nitrogens is 2. The summed E-state index contributed by atoms with van der Waals surface area (Å²) < 4.78 is 13.4. The number of nitrogens with zero attached hydrogens (tertiary/aromatic N) is 2. The third-order valence-electron chi connectivity index (χ3n) is 4.74. The van der Waals surface area contributed by atoms with Gasteiger partial charge in [-0.3, -0.25) is 4.79 Å². The molecule has 1 aromatic heterocycles. The third-order valence-corrected chi connectivity index (χ3v) is 5.27. The minimum Gasteiger partial charge on any atom is -0.493 e. The first-order chi connectivity index (χ1) is 15.1. The van der Waals surface area contributed by atoms with Gasteiger partial charge in [0.05, 0.1) is 25.5 Å². The normalized spacial score (nSPS) is 10.5. The van der Waals surface area contributed by atoms with Crippen LogP contribution in [0.2, 0.25) is 0 Å². The largest absolute Gasteiger partial charge is 0.493 e. The quantitative estimate of drug-likeness (QED) is 0.394. The number of halogens is 1. The lowest BCUT2D eigenvalue weighted by Crippen LogP contribution is -2.12. The van der Waals surface area contributed by atoms with Gasteiger partial charge in [-0.05, 0) is 54.6 Å². The summed E-state index contributed by atoms with van der Waals surface area (Å²) in [6, 6.07) is 22.5. The van der Waals surface area contributed by atoms with Crippen LogP contribution in [-0.2, 0) is 0 Å². The molecule has 1 amide bonds. The van der Waals surface area contributed by atoms with E-state index >= 15 is 0 Å². The molecule has 156 valence electrons. The lowest BCUT2D eigenvalue weighted by atomic mass is 10.1. The Morgan fingerprint density at radius 3 is 2.32 bits per heavy atom. The van der Waals surface area contributed by atoms with Crippen LogP contribution in [0.5, 0.6) is 11.5 Å². The fourth-order valence-corrected chi connectivity index (χ4v) is 3.45. The number of methoxy groups -OCH3 is 2. The molecule has 0 atom stereocenters. The maximum atomic E-state index is 13.2. The topological polar surface area (TPSA) is 65.4 Å². The highest BCUT2D eigenvalue weighted by Crippen LogP contribution is 2.33. The van der Waals surface area contributed by atoms with Crippen molar-refractivity contribution in [2.45, 2.75) is 0 Å². The molecule has 0 radical (unpaired) electrons. The lowest BCUT2D eigenvalue weighted by molar-refractivity contribution is 0.102. The molecule has 0 aliphatic carbocycles. The van der Waals surface area contributed by atoms with Gasteiger partial charge in [-0.25, -0.2) is 4.68 Å². The number of hydrogen-bond acceptors (Lipinski definition) is 4. The second kappa shape index (κ2) is 9.06. The second-order valence-electron chi connectivity index (χ2n) is 6.70. The minimum atomic E-state index is -0.255. The lowest BCUT2D eigenvalue weighted by Gasteiger charge is -2.10. The molecule has 6 nitrogen and oxygen atoms in total. The number of carbonyl (C=O) groups is 1. The van der Waals surface area contributed by atoms with Crippen LogP contribution in [0.4, 0.5) is 5.69 Å². The molecular weight excluding hydrogens is 458 g/mol. The first-order valence-electron chi connectivity index (χ1n) is 9.53. The van der Waals surface area contributed by atoms with Crippen molar-refractivity contribution in [1.82, 2.24) is 9.78 Å². The fraction of sp³-hybridized carbons (Fsp3) is 0.0833. The molecule has 0 unspecified atom stereocenters. The van der Waals surface area contributed by atoms with E-state index in [4.69, 9.17) is 14.6 Å². The van der Waals surface area contributed by atoms with Gasteiger partial charge in [0.15, 0.2) is 11.5 Å². The molecule has 4 aromatic rings. The molecular formula is C24H20BrN3O3. The van der Waals surface area contributed by atoms with Crippen molar-refractivity contribution in [2.24, 2.45) is 0 Å². The number of benzene rings is 3. The molecule has 0 saturated heterocycles. The third kappa shape index (κ3) is 4.46. The molecule has 0 fully saturated rings. The molecule has 1 heterocycles. The molecule has 0 aliphatic heterocycles. The summed E-state index contributed by atoms with van der Waals surface area (Å²) >= 11 is 3.41. The van der Waals surface area contributed by atoms with Crippen molar-refractivity contribution < 1.29 is 14.3 Å². The number of para-hydroxylation sites is 1. The van der Waals surface area contributed by atoms with Crippen molar-refractivity contribution in [3.8, 4) is 28.4 Å². The molecule has 0 spiro atoms. The molecule has 4 rings (SSSR count). The monoisotopic (exact) mass is 477 g/mol. The molecule has 0 bridgehead atoms. The zero-order valence-corrected chi connectivity index (χ0v) is 18.6. The maximum Gasteiger partial charge on any atom is 0.259 e. The number of hydrogen-bond donors (Lipinski definition) is 1. The summed E-state index contributed by atoms with van der Waals surface area (Å²) in [7, 11) is 3.16. The Labute approximate surface area is 188 Å². The van der Waals surface area contributed by atoms with Crippen molar-refractivity contribution in [3.05, 3.63) is 89.0 Å². The van der Waals surface area contributed by atoms with Gasteiger partial charge in [-0.15, -0.1) is 0 Å². The SMILES string of the molecule is COc1ccc(-c2nn(-c3ccccc3)cc2C(=O)Nc2ccc(Br)cc2)cc1OC. The first kappa shape index (κ1) is 20.7. The van der Waals surface area contributed by atoms with E-state index in [1.807, 2.05) is 66.7 Å². The van der Waals surface area contributed by atoms with Crippen LogP contribution >= 0.6 is 15.9 Å². The van der Waals surface area contributed by atoms with E-state index in [-0.39, 0.29) is 5.91 Å². The molecule has 3 aromatic carbocycles. The van der Waals surface area contributed by atoms with E-state index in [0.717, 1.165) is 15.7 Å². The summed E-state index contributed by atoms with van der Waals surface area (Å²) in [6.45, 7) is 0. The Balaban J connectivity index is 1.78. The molecule has 7 heteroatoms. The number of ether oxygens (including phenoxy) is 2. The Hall–Kier alpha value is -3.58. The zero-order valence-electron chi connectivity index (χ0n) is 17.0. The number of nitrogens with one attached hydrogen (secondary N) is 1. The van der Waals surface area contributed by atoms with Gasteiger partial charge in [0.2, 0.25) is 0 Å². The van der Waals surface area contributed by atoms with Gasteiger partial charge in [-0.1, -0.05) is 34.1 Å². The van der Waals surface area contributed by atoms with Crippen molar-refractivity contribution in [2.75, 3.05) is 19.5 Å². The predicted octanol–water partition coefficient (Wildman–Crippen LogP) is 5.57. The van der Waals surface area contributed by atoms with Gasteiger partial charge in [-0.2, -0.15) is 5.10 Å².